The third-order valence-corrected chi connectivity index (χ3v) is 8.62. The topological polar surface area (TPSA) is 119 Å². The van der Waals surface area contributed by atoms with Crippen LogP contribution < -0.4 is 0 Å². The molecule has 0 aliphatic carbocycles. The van der Waals surface area contributed by atoms with Crippen molar-refractivity contribution >= 4 is 19.8 Å². The molecule has 0 aliphatic heterocycles. The molecule has 2 N–H and O–H groups in total. The average molecular weight is 699 g/mol. The monoisotopic (exact) mass is 698 g/mol. The largest absolute Gasteiger partial charge is 0.469 e. The summed E-state index contributed by atoms with van der Waals surface area (Å²) in [5, 5.41) is 0. The molecule has 0 radical (unpaired) electrons. The van der Waals surface area contributed by atoms with E-state index in [1.54, 1.807) is 0 Å². The van der Waals surface area contributed by atoms with Crippen molar-refractivity contribution in [3.05, 3.63) is 36.5 Å². The van der Waals surface area contributed by atoms with Crippen molar-refractivity contribution in [3.63, 3.8) is 0 Å². The summed E-state index contributed by atoms with van der Waals surface area (Å²) in [5.41, 5.74) is 0. The fraction of sp³-hybridized carbons (Fsp3) is 0.795. The molecule has 48 heavy (non-hydrogen) atoms. The zero-order chi connectivity index (χ0) is 35.4. The SMILES string of the molecule is CCCC/C=C\C/C=C\CCCCCCCC(=O)OC[C@H](COP(=O)(O)O)OC(=O)CCCCCCC/C=C\CCCCCCCCC. The zero-order valence-corrected chi connectivity index (χ0v) is 31.5. The first-order valence-corrected chi connectivity index (χ1v) is 20.8. The van der Waals surface area contributed by atoms with Crippen molar-refractivity contribution in [2.75, 3.05) is 13.2 Å². The van der Waals surface area contributed by atoms with Gasteiger partial charge in [0.05, 0.1) is 6.61 Å². The second-order valence-corrected chi connectivity index (χ2v) is 14.1. The van der Waals surface area contributed by atoms with Crippen LogP contribution in [0.25, 0.3) is 0 Å². The molecule has 0 aromatic heterocycles. The second kappa shape index (κ2) is 35.1. The number of carbonyl (C=O) groups excluding carboxylic acids is 2. The van der Waals surface area contributed by atoms with E-state index >= 15 is 0 Å². The summed E-state index contributed by atoms with van der Waals surface area (Å²) in [4.78, 5) is 42.7. The molecule has 0 spiro atoms. The molecule has 0 amide bonds. The number of phosphoric ester groups is 1. The summed E-state index contributed by atoms with van der Waals surface area (Å²) in [6.45, 7) is 3.61. The summed E-state index contributed by atoms with van der Waals surface area (Å²) in [7, 11) is -4.75. The van der Waals surface area contributed by atoms with Crippen molar-refractivity contribution in [3.8, 4) is 0 Å². The van der Waals surface area contributed by atoms with E-state index in [0.29, 0.717) is 12.8 Å². The molecule has 0 rings (SSSR count). The van der Waals surface area contributed by atoms with Gasteiger partial charge in [-0.3, -0.25) is 14.1 Å². The highest BCUT2D eigenvalue weighted by Gasteiger charge is 2.22. The van der Waals surface area contributed by atoms with Gasteiger partial charge in [0.15, 0.2) is 6.10 Å². The first-order valence-electron chi connectivity index (χ1n) is 19.3. The van der Waals surface area contributed by atoms with Crippen LogP contribution in [0.1, 0.15) is 181 Å². The Balaban J connectivity index is 3.99. The molecule has 0 aliphatic rings. The summed E-state index contributed by atoms with van der Waals surface area (Å²) in [6, 6.07) is 0. The molecule has 9 heteroatoms. The lowest BCUT2D eigenvalue weighted by Gasteiger charge is -2.18. The van der Waals surface area contributed by atoms with Crippen LogP contribution in [0.5, 0.6) is 0 Å². The quantitative estimate of drug-likeness (QED) is 0.0290. The van der Waals surface area contributed by atoms with Crippen LogP contribution >= 0.6 is 7.82 Å². The van der Waals surface area contributed by atoms with E-state index in [1.807, 2.05) is 0 Å². The Bertz CT molecular complexity index is 879. The Morgan fingerprint density at radius 2 is 0.958 bits per heavy atom. The van der Waals surface area contributed by atoms with Gasteiger partial charge in [-0.2, -0.15) is 0 Å². The second-order valence-electron chi connectivity index (χ2n) is 12.9. The number of unbranched alkanes of at least 4 members (excludes halogenated alkanes) is 19. The fourth-order valence-corrected chi connectivity index (χ4v) is 5.57. The van der Waals surface area contributed by atoms with Crippen molar-refractivity contribution in [1.29, 1.82) is 0 Å². The smallest absolute Gasteiger partial charge is 0.462 e. The molecule has 0 aromatic rings. The summed E-state index contributed by atoms with van der Waals surface area (Å²) in [5.74, 6) is -0.910. The average Bonchev–Trinajstić information content (AvgIpc) is 3.05. The molecule has 1 atom stereocenters. The van der Waals surface area contributed by atoms with Gasteiger partial charge in [0.1, 0.15) is 6.61 Å². The van der Waals surface area contributed by atoms with Crippen LogP contribution in [0.2, 0.25) is 0 Å². The van der Waals surface area contributed by atoms with Crippen molar-refractivity contribution in [2.45, 2.75) is 187 Å². The first-order chi connectivity index (χ1) is 23.3. The van der Waals surface area contributed by atoms with Gasteiger partial charge in [-0.1, -0.05) is 140 Å². The van der Waals surface area contributed by atoms with Gasteiger partial charge < -0.3 is 19.3 Å². The first kappa shape index (κ1) is 46.3. The lowest BCUT2D eigenvalue weighted by atomic mass is 10.1. The number of esters is 2. The van der Waals surface area contributed by atoms with E-state index < -0.39 is 32.5 Å². The number of hydrogen-bond donors (Lipinski definition) is 2. The summed E-state index contributed by atoms with van der Waals surface area (Å²) >= 11 is 0. The molecule has 0 bridgehead atoms. The van der Waals surface area contributed by atoms with Crippen LogP contribution in [0.15, 0.2) is 36.5 Å². The molecule has 280 valence electrons. The van der Waals surface area contributed by atoms with E-state index in [9.17, 15) is 14.2 Å². The van der Waals surface area contributed by atoms with Gasteiger partial charge in [0.25, 0.3) is 0 Å². The lowest BCUT2D eigenvalue weighted by Crippen LogP contribution is -2.29. The molecule has 8 nitrogen and oxygen atoms in total. The van der Waals surface area contributed by atoms with Crippen LogP contribution in [0.4, 0.5) is 0 Å². The molecule has 0 heterocycles. The number of phosphoric acid groups is 1. The molecule has 0 unspecified atom stereocenters. The van der Waals surface area contributed by atoms with Gasteiger partial charge in [0, 0.05) is 12.8 Å². The molecule has 0 fully saturated rings. The molecular weight excluding hydrogens is 627 g/mol. The number of hydrogen-bond acceptors (Lipinski definition) is 6. The Morgan fingerprint density at radius 3 is 1.46 bits per heavy atom. The number of rotatable bonds is 35. The van der Waals surface area contributed by atoms with Crippen LogP contribution in [-0.2, 0) is 28.2 Å². The minimum Gasteiger partial charge on any atom is -0.462 e. The Hall–Kier alpha value is -1.73. The summed E-state index contributed by atoms with van der Waals surface area (Å²) in [6.07, 6.45) is 40.0. The molecular formula is C39H71O8P. The highest BCUT2D eigenvalue weighted by atomic mass is 31.2. The predicted molar refractivity (Wildman–Crippen MR) is 198 cm³/mol. The lowest BCUT2D eigenvalue weighted by molar-refractivity contribution is -0.161. The van der Waals surface area contributed by atoms with Gasteiger partial charge in [0.2, 0.25) is 0 Å². The van der Waals surface area contributed by atoms with Gasteiger partial charge in [-0.25, -0.2) is 4.57 Å². The maximum absolute atomic E-state index is 12.4. The Kier molecular flexibility index (Phi) is 33.8. The van der Waals surface area contributed by atoms with E-state index in [1.165, 1.54) is 64.2 Å². The van der Waals surface area contributed by atoms with Crippen molar-refractivity contribution < 1.29 is 37.9 Å². The third kappa shape index (κ3) is 37.1. The minimum absolute atomic E-state index is 0.199. The standard InChI is InChI=1S/C39H71O8P/c1-3-5-7-9-11-13-15-17-19-20-22-24-26-28-30-32-34-39(41)47-37(36-46-48(42,43)44)35-45-38(40)33-31-29-27-25-23-21-18-16-14-12-10-8-6-4-2/h10,12,16,18-20,37H,3-9,11,13-15,17,21-36H2,1-2H3,(H2,42,43,44)/b12-10-,18-16-,20-19-/t37-/m1/s1. The van der Waals surface area contributed by atoms with E-state index in [2.05, 4.69) is 54.8 Å². The molecule has 0 saturated heterocycles. The van der Waals surface area contributed by atoms with Gasteiger partial charge in [-0.15, -0.1) is 0 Å². The van der Waals surface area contributed by atoms with Gasteiger partial charge in [-0.05, 0) is 64.2 Å². The van der Waals surface area contributed by atoms with Gasteiger partial charge >= 0.3 is 19.8 Å². The van der Waals surface area contributed by atoms with Crippen LogP contribution in [0.3, 0.4) is 0 Å². The van der Waals surface area contributed by atoms with Crippen molar-refractivity contribution in [1.82, 2.24) is 0 Å². The number of allylic oxidation sites excluding steroid dienone is 6. The van der Waals surface area contributed by atoms with Crippen LogP contribution in [-0.4, -0.2) is 41.0 Å². The number of carbonyl (C=O) groups is 2. The maximum atomic E-state index is 12.4. The highest BCUT2D eigenvalue weighted by Crippen LogP contribution is 2.36. The fourth-order valence-electron chi connectivity index (χ4n) is 5.21. The van der Waals surface area contributed by atoms with Crippen LogP contribution in [0, 0.1) is 0 Å². The van der Waals surface area contributed by atoms with E-state index in [4.69, 9.17) is 19.3 Å². The zero-order valence-electron chi connectivity index (χ0n) is 30.6. The molecule has 0 saturated carbocycles. The van der Waals surface area contributed by atoms with E-state index in [-0.39, 0.29) is 19.4 Å². The Morgan fingerprint density at radius 1 is 0.542 bits per heavy atom. The Labute approximate surface area is 293 Å². The number of ether oxygens (including phenoxy) is 2. The predicted octanol–water partition coefficient (Wildman–Crippen LogP) is 11.4. The maximum Gasteiger partial charge on any atom is 0.469 e. The molecule has 0 aromatic carbocycles. The third-order valence-electron chi connectivity index (χ3n) is 8.13. The normalized spacial score (nSPS) is 12.8. The van der Waals surface area contributed by atoms with E-state index in [0.717, 1.165) is 77.0 Å². The minimum atomic E-state index is -4.75. The van der Waals surface area contributed by atoms with Crippen molar-refractivity contribution in [2.24, 2.45) is 0 Å². The summed E-state index contributed by atoms with van der Waals surface area (Å²) < 4.78 is 26.3. The highest BCUT2D eigenvalue weighted by molar-refractivity contribution is 7.46.